The highest BCUT2D eigenvalue weighted by Crippen LogP contribution is 2.34. The number of amides is 3. The Bertz CT molecular complexity index is 882. The average molecular weight is 395 g/mol. The highest BCUT2D eigenvalue weighted by molar-refractivity contribution is 6.07. The van der Waals surface area contributed by atoms with Gasteiger partial charge in [0.1, 0.15) is 6.54 Å². The van der Waals surface area contributed by atoms with Crippen molar-refractivity contribution in [1.29, 1.82) is 0 Å². The Kier molecular flexibility index (Phi) is 5.24. The van der Waals surface area contributed by atoms with Crippen molar-refractivity contribution in [3.8, 4) is 0 Å². The molecule has 0 N–H and O–H groups in total. The summed E-state index contributed by atoms with van der Waals surface area (Å²) in [7, 11) is 0. The second-order valence-electron chi connectivity index (χ2n) is 7.26. The van der Waals surface area contributed by atoms with Gasteiger partial charge in [-0.25, -0.2) is 5.01 Å². The number of nitrogens with zero attached hydrogens (tertiary/aromatic N) is 3. The Morgan fingerprint density at radius 2 is 1.69 bits per heavy atom. The zero-order valence-electron chi connectivity index (χ0n) is 15.8. The molecule has 1 aromatic rings. The van der Waals surface area contributed by atoms with Crippen LogP contribution in [0.25, 0.3) is 0 Å². The maximum Gasteiger partial charge on any atom is 0.326 e. The Balaban J connectivity index is 1.29. The van der Waals surface area contributed by atoms with Crippen LogP contribution in [-0.4, -0.2) is 59.0 Å². The lowest BCUT2D eigenvalue weighted by Crippen LogP contribution is -2.38. The molecule has 1 fully saturated rings. The van der Waals surface area contributed by atoms with Crippen LogP contribution < -0.4 is 0 Å². The molecule has 3 aliphatic rings. The smallest absolute Gasteiger partial charge is 0.326 e. The molecule has 1 saturated heterocycles. The number of hydrogen-bond donors (Lipinski definition) is 0. The maximum absolute atomic E-state index is 12.4. The monoisotopic (exact) mass is 395 g/mol. The van der Waals surface area contributed by atoms with Crippen LogP contribution in [0.15, 0.2) is 47.6 Å². The summed E-state index contributed by atoms with van der Waals surface area (Å²) >= 11 is 0. The molecular formula is C21H21N3O5. The molecule has 0 bridgehead atoms. The molecule has 2 atom stereocenters. The van der Waals surface area contributed by atoms with Gasteiger partial charge in [-0.2, -0.15) is 5.10 Å². The minimum absolute atomic E-state index is 0.343. The van der Waals surface area contributed by atoms with E-state index in [1.807, 2.05) is 42.5 Å². The van der Waals surface area contributed by atoms with Gasteiger partial charge in [-0.15, -0.1) is 0 Å². The second kappa shape index (κ2) is 7.98. The fraction of sp³-hybridized carbons (Fsp3) is 0.381. The molecule has 0 radical (unpaired) electrons. The van der Waals surface area contributed by atoms with Gasteiger partial charge in [0.25, 0.3) is 5.91 Å². The highest BCUT2D eigenvalue weighted by atomic mass is 16.5. The van der Waals surface area contributed by atoms with Crippen molar-refractivity contribution in [2.24, 2.45) is 16.9 Å². The van der Waals surface area contributed by atoms with E-state index in [9.17, 15) is 19.2 Å². The lowest BCUT2D eigenvalue weighted by atomic mass is 9.85. The average Bonchev–Trinajstić information content (AvgIpc) is 3.33. The molecule has 0 spiro atoms. The Labute approximate surface area is 167 Å². The summed E-state index contributed by atoms with van der Waals surface area (Å²) in [6.45, 7) is -0.522. The van der Waals surface area contributed by atoms with E-state index in [0.29, 0.717) is 25.8 Å². The highest BCUT2D eigenvalue weighted by Gasteiger charge is 2.47. The summed E-state index contributed by atoms with van der Waals surface area (Å²) < 4.78 is 5.01. The number of carbonyl (C=O) groups excluding carboxylic acids is 4. The van der Waals surface area contributed by atoms with Crippen molar-refractivity contribution in [3.05, 3.63) is 48.0 Å². The van der Waals surface area contributed by atoms with E-state index < -0.39 is 36.9 Å². The summed E-state index contributed by atoms with van der Waals surface area (Å²) in [6, 6.07) is 9.55. The molecule has 0 unspecified atom stereocenters. The van der Waals surface area contributed by atoms with Crippen LogP contribution in [0.1, 0.15) is 24.8 Å². The number of esters is 1. The van der Waals surface area contributed by atoms with Crippen molar-refractivity contribution < 1.29 is 23.9 Å². The van der Waals surface area contributed by atoms with Crippen LogP contribution in [0.4, 0.5) is 0 Å². The Morgan fingerprint density at radius 3 is 2.34 bits per heavy atom. The molecule has 0 aromatic heterocycles. The van der Waals surface area contributed by atoms with Crippen LogP contribution in [0, 0.1) is 11.8 Å². The van der Waals surface area contributed by atoms with E-state index >= 15 is 0 Å². The predicted molar refractivity (Wildman–Crippen MR) is 102 cm³/mol. The molecule has 2 aliphatic heterocycles. The summed E-state index contributed by atoms with van der Waals surface area (Å²) in [5.74, 6) is -2.69. The molecule has 1 aliphatic carbocycles. The van der Waals surface area contributed by atoms with E-state index in [-0.39, 0.29) is 11.8 Å². The maximum atomic E-state index is 12.4. The Morgan fingerprint density at radius 1 is 1.03 bits per heavy atom. The lowest BCUT2D eigenvalue weighted by Gasteiger charge is -2.15. The van der Waals surface area contributed by atoms with Crippen LogP contribution >= 0.6 is 0 Å². The number of fused-ring (bicyclic) bond motifs is 1. The molecule has 0 saturated carbocycles. The zero-order chi connectivity index (χ0) is 20.4. The number of imide groups is 1. The van der Waals surface area contributed by atoms with Gasteiger partial charge in [0.05, 0.1) is 24.1 Å². The van der Waals surface area contributed by atoms with Crippen LogP contribution in [0.2, 0.25) is 0 Å². The van der Waals surface area contributed by atoms with Crippen molar-refractivity contribution in [3.63, 3.8) is 0 Å². The number of benzene rings is 1. The first kappa shape index (κ1) is 19.0. The molecule has 4 rings (SSSR count). The van der Waals surface area contributed by atoms with Gasteiger partial charge in [-0.05, 0) is 18.4 Å². The third-order valence-electron chi connectivity index (χ3n) is 5.44. The van der Waals surface area contributed by atoms with E-state index in [0.717, 1.165) is 16.2 Å². The molecule has 8 nitrogen and oxygen atoms in total. The molecule has 2 heterocycles. The fourth-order valence-electron chi connectivity index (χ4n) is 3.89. The van der Waals surface area contributed by atoms with Crippen molar-refractivity contribution >= 4 is 29.4 Å². The van der Waals surface area contributed by atoms with Gasteiger partial charge in [0.15, 0.2) is 6.61 Å². The Hall–Kier alpha value is -3.29. The number of hydrogen-bond acceptors (Lipinski definition) is 6. The lowest BCUT2D eigenvalue weighted by molar-refractivity contribution is -0.156. The first-order valence-corrected chi connectivity index (χ1v) is 9.63. The molecule has 8 heteroatoms. The first-order chi connectivity index (χ1) is 14.0. The van der Waals surface area contributed by atoms with E-state index in [1.165, 1.54) is 5.01 Å². The van der Waals surface area contributed by atoms with E-state index in [1.54, 1.807) is 0 Å². The quantitative estimate of drug-likeness (QED) is 0.423. The molecule has 150 valence electrons. The van der Waals surface area contributed by atoms with Crippen molar-refractivity contribution in [2.75, 3.05) is 19.7 Å². The molecule has 3 amide bonds. The minimum Gasteiger partial charge on any atom is -0.454 e. The zero-order valence-corrected chi connectivity index (χ0v) is 15.8. The summed E-state index contributed by atoms with van der Waals surface area (Å²) in [5.41, 5.74) is 1.75. The van der Waals surface area contributed by atoms with E-state index in [2.05, 4.69) is 5.10 Å². The normalized spacial score (nSPS) is 23.2. The largest absolute Gasteiger partial charge is 0.454 e. The second-order valence-corrected chi connectivity index (χ2v) is 7.26. The number of hydrazone groups is 1. The predicted octanol–water partition coefficient (Wildman–Crippen LogP) is 1.12. The number of ether oxygens (including phenoxy) is 1. The van der Waals surface area contributed by atoms with Gasteiger partial charge in [0, 0.05) is 6.42 Å². The number of likely N-dealkylation sites (tertiary alicyclic amines) is 1. The van der Waals surface area contributed by atoms with E-state index in [4.69, 9.17) is 4.74 Å². The van der Waals surface area contributed by atoms with Crippen LogP contribution in [0.3, 0.4) is 0 Å². The fourth-order valence-corrected chi connectivity index (χ4v) is 3.89. The number of allylic oxidation sites excluding steroid dienone is 2. The van der Waals surface area contributed by atoms with Crippen molar-refractivity contribution in [1.82, 2.24) is 9.91 Å². The summed E-state index contributed by atoms with van der Waals surface area (Å²) in [5, 5.41) is 5.58. The SMILES string of the molecule is O=C(CN1C(=O)[C@H]2CC=CC[C@@H]2C1=O)OCC(=O)N1CCC(c2ccccc2)=N1. The first-order valence-electron chi connectivity index (χ1n) is 9.63. The third kappa shape index (κ3) is 3.83. The van der Waals surface area contributed by atoms with Gasteiger partial charge >= 0.3 is 5.97 Å². The third-order valence-corrected chi connectivity index (χ3v) is 5.44. The summed E-state index contributed by atoms with van der Waals surface area (Å²) in [4.78, 5) is 50.1. The standard InChI is InChI=1S/C21H21N3O5/c25-18(24-11-10-17(22-24)14-6-2-1-3-7-14)13-29-19(26)12-23-20(27)15-8-4-5-9-16(15)21(23)28/h1-7,15-16H,8-13H2/t15-,16-/m0/s1. The van der Waals surface area contributed by atoms with Crippen LogP contribution in [-0.2, 0) is 23.9 Å². The van der Waals surface area contributed by atoms with Crippen molar-refractivity contribution in [2.45, 2.75) is 19.3 Å². The van der Waals surface area contributed by atoms with Gasteiger partial charge in [0.2, 0.25) is 11.8 Å². The van der Waals surface area contributed by atoms with Gasteiger partial charge in [-0.1, -0.05) is 42.5 Å². The summed E-state index contributed by atoms with van der Waals surface area (Å²) in [6.07, 6.45) is 5.41. The number of carbonyl (C=O) groups is 4. The molecule has 1 aromatic carbocycles. The topological polar surface area (TPSA) is 96.3 Å². The van der Waals surface area contributed by atoms with Gasteiger partial charge in [-0.3, -0.25) is 24.1 Å². The molecule has 29 heavy (non-hydrogen) atoms. The van der Waals surface area contributed by atoms with Gasteiger partial charge < -0.3 is 4.74 Å². The minimum atomic E-state index is -0.780. The number of rotatable bonds is 5. The van der Waals surface area contributed by atoms with Crippen LogP contribution in [0.5, 0.6) is 0 Å². The molecular weight excluding hydrogens is 374 g/mol.